The number of carbonyl (C=O) groups is 1. The fourth-order valence-electron chi connectivity index (χ4n) is 4.15. The molecule has 0 aromatic carbocycles. The molecule has 9 heteroatoms. The highest BCUT2D eigenvalue weighted by Gasteiger charge is 2.27. The number of carbonyl (C=O) groups excluding carboxylic acids is 1. The minimum Gasteiger partial charge on any atom is -0.357 e. The van der Waals surface area contributed by atoms with Crippen LogP contribution in [-0.2, 0) is 18.9 Å². The Hall–Kier alpha value is -2.13. The second-order valence-corrected chi connectivity index (χ2v) is 8.32. The third kappa shape index (κ3) is 5.27. The number of likely N-dealkylation sites (N-methyl/N-ethyl adjacent to an activating group) is 1. The molecule has 0 radical (unpaired) electrons. The van der Waals surface area contributed by atoms with E-state index in [2.05, 4.69) is 22.2 Å². The van der Waals surface area contributed by atoms with Gasteiger partial charge in [-0.3, -0.25) is 18.7 Å². The average molecular weight is 407 g/mol. The van der Waals surface area contributed by atoms with Gasteiger partial charge in [0.15, 0.2) is 0 Å². The molecule has 1 amide bonds. The van der Waals surface area contributed by atoms with Crippen molar-refractivity contribution >= 4 is 11.7 Å². The van der Waals surface area contributed by atoms with Crippen molar-refractivity contribution in [3.05, 3.63) is 26.9 Å². The van der Waals surface area contributed by atoms with E-state index in [9.17, 15) is 14.4 Å². The number of piperidine rings is 1. The molecule has 2 aliphatic heterocycles. The first kappa shape index (κ1) is 21.6. The minimum absolute atomic E-state index is 0.0712. The summed E-state index contributed by atoms with van der Waals surface area (Å²) in [7, 11) is 5.29. The topological polar surface area (TPSA) is 82.8 Å². The molecular weight excluding hydrogens is 372 g/mol. The lowest BCUT2D eigenvalue weighted by Gasteiger charge is -2.34. The van der Waals surface area contributed by atoms with Gasteiger partial charge in [-0.25, -0.2) is 4.79 Å². The van der Waals surface area contributed by atoms with E-state index in [0.29, 0.717) is 18.9 Å². The van der Waals surface area contributed by atoms with Crippen molar-refractivity contribution in [1.29, 1.82) is 0 Å². The summed E-state index contributed by atoms with van der Waals surface area (Å²) in [6.45, 7) is 7.38. The molecule has 29 heavy (non-hydrogen) atoms. The molecule has 1 atom stereocenters. The first-order chi connectivity index (χ1) is 13.9. The standard InChI is InChI=1S/C20H34N6O3/c1-22-10-12-25(13-11-22)8-5-7-21-19(28)16-6-4-9-26(15-16)17-14-18(27)24(3)20(29)23(17)2/h14,16H,4-13,15H2,1-3H3,(H,21,28)/t16-/m1/s1. The zero-order valence-corrected chi connectivity index (χ0v) is 17.9. The van der Waals surface area contributed by atoms with E-state index < -0.39 is 0 Å². The van der Waals surface area contributed by atoms with E-state index >= 15 is 0 Å². The Balaban J connectivity index is 1.50. The normalized spacial score (nSPS) is 21.3. The molecule has 3 heterocycles. The summed E-state index contributed by atoms with van der Waals surface area (Å²) in [6, 6.07) is 1.48. The van der Waals surface area contributed by atoms with Crippen LogP contribution in [0, 0.1) is 5.92 Å². The van der Waals surface area contributed by atoms with Crippen molar-refractivity contribution in [2.24, 2.45) is 20.0 Å². The molecule has 9 nitrogen and oxygen atoms in total. The van der Waals surface area contributed by atoms with Gasteiger partial charge in [0, 0.05) is 66.0 Å². The highest BCUT2D eigenvalue weighted by Crippen LogP contribution is 2.21. The van der Waals surface area contributed by atoms with Gasteiger partial charge >= 0.3 is 5.69 Å². The number of nitrogens with zero attached hydrogens (tertiary/aromatic N) is 5. The van der Waals surface area contributed by atoms with E-state index in [0.717, 1.165) is 63.1 Å². The van der Waals surface area contributed by atoms with Gasteiger partial charge in [-0.1, -0.05) is 0 Å². The maximum absolute atomic E-state index is 12.6. The number of anilines is 1. The molecule has 2 fully saturated rings. The minimum atomic E-state index is -0.344. The quantitative estimate of drug-likeness (QED) is 0.614. The molecule has 1 N–H and O–H groups in total. The SMILES string of the molecule is CN1CCN(CCCNC(=O)[C@@H]2CCCN(c3cc(=O)n(C)c(=O)n3C)C2)CC1. The van der Waals surface area contributed by atoms with Gasteiger partial charge in [0.2, 0.25) is 5.91 Å². The van der Waals surface area contributed by atoms with Crippen molar-refractivity contribution in [2.75, 3.05) is 64.3 Å². The lowest BCUT2D eigenvalue weighted by Crippen LogP contribution is -2.47. The largest absolute Gasteiger partial charge is 0.357 e. The van der Waals surface area contributed by atoms with Gasteiger partial charge in [0.1, 0.15) is 5.82 Å². The van der Waals surface area contributed by atoms with Crippen molar-refractivity contribution in [3.63, 3.8) is 0 Å². The molecule has 0 unspecified atom stereocenters. The average Bonchev–Trinajstić information content (AvgIpc) is 2.73. The van der Waals surface area contributed by atoms with Crippen LogP contribution in [0.25, 0.3) is 0 Å². The number of hydrogen-bond acceptors (Lipinski definition) is 6. The van der Waals surface area contributed by atoms with Crippen LogP contribution in [0.4, 0.5) is 5.82 Å². The first-order valence-corrected chi connectivity index (χ1v) is 10.6. The van der Waals surface area contributed by atoms with Gasteiger partial charge in [0.05, 0.1) is 5.92 Å². The monoisotopic (exact) mass is 406 g/mol. The summed E-state index contributed by atoms with van der Waals surface area (Å²) in [5.41, 5.74) is -0.665. The van der Waals surface area contributed by atoms with Gasteiger partial charge in [-0.2, -0.15) is 0 Å². The molecule has 0 spiro atoms. The van der Waals surface area contributed by atoms with Gasteiger partial charge in [0.25, 0.3) is 5.56 Å². The van der Waals surface area contributed by atoms with Crippen molar-refractivity contribution in [3.8, 4) is 0 Å². The molecule has 0 saturated carbocycles. The van der Waals surface area contributed by atoms with Crippen molar-refractivity contribution < 1.29 is 4.79 Å². The number of nitrogens with one attached hydrogen (secondary N) is 1. The smallest absolute Gasteiger partial charge is 0.332 e. The Bertz CT molecular complexity index is 824. The summed E-state index contributed by atoms with van der Waals surface area (Å²) < 4.78 is 2.58. The maximum atomic E-state index is 12.6. The number of amides is 1. The van der Waals surface area contributed by atoms with Gasteiger partial charge in [-0.15, -0.1) is 0 Å². The van der Waals surface area contributed by atoms with Crippen LogP contribution in [0.3, 0.4) is 0 Å². The molecule has 2 aliphatic rings. The van der Waals surface area contributed by atoms with E-state index in [1.165, 1.54) is 17.7 Å². The lowest BCUT2D eigenvalue weighted by atomic mass is 9.97. The van der Waals surface area contributed by atoms with E-state index in [1.54, 1.807) is 7.05 Å². The van der Waals surface area contributed by atoms with Crippen LogP contribution in [-0.4, -0.2) is 84.2 Å². The van der Waals surface area contributed by atoms with E-state index in [-0.39, 0.29) is 23.1 Å². The Kier molecular flexibility index (Phi) is 7.13. The molecule has 1 aromatic rings. The second-order valence-electron chi connectivity index (χ2n) is 8.32. The Morgan fingerprint density at radius 2 is 1.79 bits per heavy atom. The van der Waals surface area contributed by atoms with Crippen LogP contribution < -0.4 is 21.5 Å². The highest BCUT2D eigenvalue weighted by molar-refractivity contribution is 5.79. The Labute approximate surface area is 171 Å². The number of hydrogen-bond donors (Lipinski definition) is 1. The first-order valence-electron chi connectivity index (χ1n) is 10.6. The third-order valence-electron chi connectivity index (χ3n) is 6.16. The predicted molar refractivity (Wildman–Crippen MR) is 113 cm³/mol. The molecule has 2 saturated heterocycles. The number of aromatic nitrogens is 2. The van der Waals surface area contributed by atoms with Crippen molar-refractivity contribution in [1.82, 2.24) is 24.3 Å². The summed E-state index contributed by atoms with van der Waals surface area (Å²) in [4.78, 5) is 43.7. The van der Waals surface area contributed by atoms with E-state index in [4.69, 9.17) is 0 Å². The molecule has 0 aliphatic carbocycles. The molecular formula is C20H34N6O3. The predicted octanol–water partition coefficient (Wildman–Crippen LogP) is -0.946. The number of piperazine rings is 1. The zero-order valence-electron chi connectivity index (χ0n) is 17.9. The molecule has 1 aromatic heterocycles. The zero-order chi connectivity index (χ0) is 21.0. The highest BCUT2D eigenvalue weighted by atomic mass is 16.2. The fourth-order valence-corrected chi connectivity index (χ4v) is 4.15. The third-order valence-corrected chi connectivity index (χ3v) is 6.16. The molecule has 0 bridgehead atoms. The Morgan fingerprint density at radius 1 is 1.07 bits per heavy atom. The summed E-state index contributed by atoms with van der Waals surface area (Å²) in [6.07, 6.45) is 2.65. The fraction of sp³-hybridized carbons (Fsp3) is 0.750. The van der Waals surface area contributed by atoms with Crippen LogP contribution in [0.2, 0.25) is 0 Å². The summed E-state index contributed by atoms with van der Waals surface area (Å²) >= 11 is 0. The summed E-state index contributed by atoms with van der Waals surface area (Å²) in [5.74, 6) is 0.541. The maximum Gasteiger partial charge on any atom is 0.332 e. The van der Waals surface area contributed by atoms with E-state index in [1.807, 2.05) is 4.90 Å². The molecule has 162 valence electrons. The molecule has 3 rings (SSSR count). The Morgan fingerprint density at radius 3 is 2.52 bits per heavy atom. The second kappa shape index (κ2) is 9.58. The van der Waals surface area contributed by atoms with Crippen LogP contribution in [0.5, 0.6) is 0 Å². The van der Waals surface area contributed by atoms with Gasteiger partial charge < -0.3 is 20.0 Å². The van der Waals surface area contributed by atoms with Crippen LogP contribution in [0.1, 0.15) is 19.3 Å². The summed E-state index contributed by atoms with van der Waals surface area (Å²) in [5, 5.41) is 3.08. The van der Waals surface area contributed by atoms with Crippen molar-refractivity contribution in [2.45, 2.75) is 19.3 Å². The lowest BCUT2D eigenvalue weighted by molar-refractivity contribution is -0.125. The van der Waals surface area contributed by atoms with Crippen LogP contribution in [0.15, 0.2) is 15.7 Å². The van der Waals surface area contributed by atoms with Gasteiger partial charge in [-0.05, 0) is 32.9 Å². The van der Waals surface area contributed by atoms with Crippen LogP contribution >= 0.6 is 0 Å². The number of rotatable bonds is 6.